The molecule has 0 aliphatic carbocycles. The molecule has 0 aliphatic rings. The molecule has 92 valence electrons. The smallest absolute Gasteiger partial charge is 0.128 e. The SMILES string of the molecule is O=C([O-])c1ccccc1OCc1cccc(F)c1. The fraction of sp³-hybridized carbons (Fsp3) is 0.0714. The van der Waals surface area contributed by atoms with Gasteiger partial charge in [0.2, 0.25) is 0 Å². The van der Waals surface area contributed by atoms with Gasteiger partial charge in [0.1, 0.15) is 18.2 Å². The molecule has 0 saturated heterocycles. The van der Waals surface area contributed by atoms with E-state index in [-0.39, 0.29) is 23.7 Å². The molecule has 0 radical (unpaired) electrons. The number of ether oxygens (including phenoxy) is 1. The van der Waals surface area contributed by atoms with E-state index in [9.17, 15) is 14.3 Å². The second-order valence-electron chi connectivity index (χ2n) is 3.70. The largest absolute Gasteiger partial charge is 0.545 e. The predicted octanol–water partition coefficient (Wildman–Crippen LogP) is 1.77. The van der Waals surface area contributed by atoms with Crippen LogP contribution in [0.1, 0.15) is 15.9 Å². The van der Waals surface area contributed by atoms with Crippen LogP contribution in [0.5, 0.6) is 5.75 Å². The van der Waals surface area contributed by atoms with E-state index in [1.807, 2.05) is 0 Å². The molecule has 0 heterocycles. The van der Waals surface area contributed by atoms with Crippen molar-refractivity contribution in [2.24, 2.45) is 0 Å². The van der Waals surface area contributed by atoms with Crippen molar-refractivity contribution in [1.82, 2.24) is 0 Å². The Labute approximate surface area is 103 Å². The van der Waals surface area contributed by atoms with Gasteiger partial charge in [-0.15, -0.1) is 0 Å². The second kappa shape index (κ2) is 5.31. The summed E-state index contributed by atoms with van der Waals surface area (Å²) in [6.07, 6.45) is 0. The molecule has 0 unspecified atom stereocenters. The topological polar surface area (TPSA) is 49.4 Å². The third-order valence-corrected chi connectivity index (χ3v) is 2.39. The molecule has 0 fully saturated rings. The van der Waals surface area contributed by atoms with Crippen molar-refractivity contribution in [2.75, 3.05) is 0 Å². The summed E-state index contributed by atoms with van der Waals surface area (Å²) in [6.45, 7) is 0.0993. The normalized spacial score (nSPS) is 10.1. The highest BCUT2D eigenvalue weighted by Gasteiger charge is 2.04. The van der Waals surface area contributed by atoms with Crippen LogP contribution in [0.4, 0.5) is 4.39 Å². The molecule has 0 aromatic heterocycles. The molecule has 0 atom stereocenters. The maximum atomic E-state index is 12.9. The van der Waals surface area contributed by atoms with Crippen LogP contribution < -0.4 is 9.84 Å². The van der Waals surface area contributed by atoms with Crippen LogP contribution in [0.3, 0.4) is 0 Å². The minimum Gasteiger partial charge on any atom is -0.545 e. The van der Waals surface area contributed by atoms with Crippen LogP contribution in [0.15, 0.2) is 48.5 Å². The van der Waals surface area contributed by atoms with E-state index in [2.05, 4.69) is 0 Å². The molecule has 0 amide bonds. The summed E-state index contributed by atoms with van der Waals surface area (Å²) in [5.41, 5.74) is 0.608. The first-order chi connectivity index (χ1) is 8.66. The molecule has 0 saturated carbocycles. The minimum absolute atomic E-state index is 0.0195. The molecule has 0 bridgehead atoms. The van der Waals surface area contributed by atoms with Gasteiger partial charge in [0.05, 0.1) is 5.97 Å². The maximum Gasteiger partial charge on any atom is 0.128 e. The van der Waals surface area contributed by atoms with E-state index in [0.29, 0.717) is 5.56 Å². The van der Waals surface area contributed by atoms with E-state index in [0.717, 1.165) is 0 Å². The first-order valence-corrected chi connectivity index (χ1v) is 5.34. The Kier molecular flexibility index (Phi) is 3.57. The highest BCUT2D eigenvalue weighted by molar-refractivity contribution is 5.89. The first kappa shape index (κ1) is 12.1. The molecule has 3 nitrogen and oxygen atoms in total. The number of carboxylic acid groups (broad SMARTS) is 1. The number of halogens is 1. The molecule has 0 N–H and O–H groups in total. The number of carbonyl (C=O) groups excluding carboxylic acids is 1. The molecular weight excluding hydrogens is 235 g/mol. The average molecular weight is 245 g/mol. The van der Waals surface area contributed by atoms with Gasteiger partial charge < -0.3 is 14.6 Å². The molecule has 2 aromatic carbocycles. The van der Waals surface area contributed by atoms with Gasteiger partial charge in [0.25, 0.3) is 0 Å². The van der Waals surface area contributed by atoms with Crippen molar-refractivity contribution in [3.8, 4) is 5.75 Å². The highest BCUT2D eigenvalue weighted by Crippen LogP contribution is 2.18. The summed E-state index contributed by atoms with van der Waals surface area (Å²) in [7, 11) is 0. The van der Waals surface area contributed by atoms with Gasteiger partial charge in [0, 0.05) is 5.56 Å². The van der Waals surface area contributed by atoms with Gasteiger partial charge in [0.15, 0.2) is 0 Å². The highest BCUT2D eigenvalue weighted by atomic mass is 19.1. The van der Waals surface area contributed by atoms with Crippen LogP contribution in [-0.4, -0.2) is 5.97 Å². The minimum atomic E-state index is -1.30. The van der Waals surface area contributed by atoms with Crippen molar-refractivity contribution >= 4 is 5.97 Å². The number of hydrogen-bond acceptors (Lipinski definition) is 3. The van der Waals surface area contributed by atoms with Crippen molar-refractivity contribution < 1.29 is 19.0 Å². The summed E-state index contributed by atoms with van der Waals surface area (Å²) in [6, 6.07) is 12.1. The van der Waals surface area contributed by atoms with E-state index in [4.69, 9.17) is 4.74 Å². The number of aromatic carboxylic acids is 1. The number of benzene rings is 2. The first-order valence-electron chi connectivity index (χ1n) is 5.34. The molecule has 18 heavy (non-hydrogen) atoms. The molecule has 0 spiro atoms. The lowest BCUT2D eigenvalue weighted by Crippen LogP contribution is -2.23. The van der Waals surface area contributed by atoms with Crippen LogP contribution >= 0.6 is 0 Å². The monoisotopic (exact) mass is 245 g/mol. The van der Waals surface area contributed by atoms with Gasteiger partial charge in [-0.2, -0.15) is 0 Å². The number of para-hydroxylation sites is 1. The zero-order valence-corrected chi connectivity index (χ0v) is 9.43. The summed E-state index contributed by atoms with van der Waals surface area (Å²) < 4.78 is 18.3. The van der Waals surface area contributed by atoms with Gasteiger partial charge in [-0.25, -0.2) is 4.39 Å². The Hall–Kier alpha value is -2.36. The fourth-order valence-electron chi connectivity index (χ4n) is 1.55. The number of carboxylic acids is 1. The fourth-order valence-corrected chi connectivity index (χ4v) is 1.55. The predicted molar refractivity (Wildman–Crippen MR) is 61.5 cm³/mol. The Morgan fingerprint density at radius 3 is 2.67 bits per heavy atom. The standard InChI is InChI=1S/C14H11FO3/c15-11-5-3-4-10(8-11)9-18-13-7-2-1-6-12(13)14(16)17/h1-8H,9H2,(H,16,17)/p-1. The third kappa shape index (κ3) is 2.85. The quantitative estimate of drug-likeness (QED) is 0.824. The maximum absolute atomic E-state index is 12.9. The van der Waals surface area contributed by atoms with Crippen LogP contribution in [0.2, 0.25) is 0 Å². The number of hydrogen-bond donors (Lipinski definition) is 0. The average Bonchev–Trinajstić information content (AvgIpc) is 2.37. The zero-order chi connectivity index (χ0) is 13.0. The van der Waals surface area contributed by atoms with Crippen molar-refractivity contribution in [3.05, 3.63) is 65.5 Å². The van der Waals surface area contributed by atoms with Gasteiger partial charge in [-0.05, 0) is 29.8 Å². The van der Waals surface area contributed by atoms with Crippen LogP contribution in [0.25, 0.3) is 0 Å². The number of rotatable bonds is 4. The zero-order valence-electron chi connectivity index (χ0n) is 9.43. The summed E-state index contributed by atoms with van der Waals surface area (Å²) in [5.74, 6) is -1.45. The van der Waals surface area contributed by atoms with E-state index in [1.54, 1.807) is 24.3 Å². The van der Waals surface area contributed by atoms with Crippen LogP contribution in [0, 0.1) is 5.82 Å². The molecule has 0 aliphatic heterocycles. The number of carbonyl (C=O) groups is 1. The summed E-state index contributed by atoms with van der Waals surface area (Å²) in [5, 5.41) is 10.8. The molecule has 4 heteroatoms. The summed E-state index contributed by atoms with van der Waals surface area (Å²) in [4.78, 5) is 10.8. The summed E-state index contributed by atoms with van der Waals surface area (Å²) >= 11 is 0. The van der Waals surface area contributed by atoms with Crippen LogP contribution in [-0.2, 0) is 6.61 Å². The third-order valence-electron chi connectivity index (χ3n) is 2.39. The van der Waals surface area contributed by atoms with Crippen molar-refractivity contribution in [1.29, 1.82) is 0 Å². The Morgan fingerprint density at radius 2 is 1.94 bits per heavy atom. The Bertz CT molecular complexity index is 566. The van der Waals surface area contributed by atoms with Gasteiger partial charge in [-0.3, -0.25) is 0 Å². The second-order valence-corrected chi connectivity index (χ2v) is 3.70. The van der Waals surface area contributed by atoms with E-state index >= 15 is 0 Å². The lowest BCUT2D eigenvalue weighted by Gasteiger charge is -2.11. The van der Waals surface area contributed by atoms with E-state index < -0.39 is 5.97 Å². The molecule has 2 rings (SSSR count). The Morgan fingerprint density at radius 1 is 1.17 bits per heavy atom. The van der Waals surface area contributed by atoms with Crippen molar-refractivity contribution in [3.63, 3.8) is 0 Å². The molecular formula is C14H10FO3-. The van der Waals surface area contributed by atoms with E-state index in [1.165, 1.54) is 24.3 Å². The lowest BCUT2D eigenvalue weighted by atomic mass is 10.2. The Balaban J connectivity index is 2.13. The van der Waals surface area contributed by atoms with Gasteiger partial charge in [-0.1, -0.05) is 24.3 Å². The molecule has 2 aromatic rings. The van der Waals surface area contributed by atoms with Gasteiger partial charge >= 0.3 is 0 Å². The lowest BCUT2D eigenvalue weighted by molar-refractivity contribution is -0.255. The van der Waals surface area contributed by atoms with Crippen molar-refractivity contribution in [2.45, 2.75) is 6.61 Å².